The summed E-state index contributed by atoms with van der Waals surface area (Å²) in [6.45, 7) is 4.34. The van der Waals surface area contributed by atoms with E-state index in [1.807, 2.05) is 0 Å². The average molecular weight is 358 g/mol. The Hall–Kier alpha value is -3.00. The highest BCUT2D eigenvalue weighted by Crippen LogP contribution is 2.43. The van der Waals surface area contributed by atoms with Crippen molar-refractivity contribution in [2.45, 2.75) is 19.8 Å². The third kappa shape index (κ3) is 3.23. The first-order chi connectivity index (χ1) is 13.0. The van der Waals surface area contributed by atoms with Gasteiger partial charge in [0.2, 0.25) is 0 Å². The molecule has 0 saturated heterocycles. The van der Waals surface area contributed by atoms with E-state index in [2.05, 4.69) is 44.2 Å². The van der Waals surface area contributed by atoms with E-state index in [4.69, 9.17) is 0 Å². The molecule has 3 aromatic rings. The minimum Gasteiger partial charge on any atom is -0.207 e. The normalized spacial score (nSPS) is 15.6. The maximum Gasteiger partial charge on any atom is 0.123 e. The lowest BCUT2D eigenvalue weighted by Gasteiger charge is -2.13. The molecule has 4 rings (SSSR count). The quantitative estimate of drug-likeness (QED) is 0.473. The predicted octanol–water partition coefficient (Wildman–Crippen LogP) is 6.99. The molecule has 0 N–H and O–H groups in total. The lowest BCUT2D eigenvalue weighted by molar-refractivity contribution is 0.627. The van der Waals surface area contributed by atoms with Crippen LogP contribution in [0.4, 0.5) is 8.78 Å². The van der Waals surface area contributed by atoms with Crippen molar-refractivity contribution in [1.82, 2.24) is 0 Å². The standard InChI is InChI=1S/C25H20F2/c1-16-22-5-3-4-6-23(22)17(2)24(16)15-25(18-7-11-20(26)12-8-18)19-9-13-21(27)14-10-19/h3-16H,1-2H3. The van der Waals surface area contributed by atoms with Crippen molar-refractivity contribution < 1.29 is 8.78 Å². The van der Waals surface area contributed by atoms with Crippen LogP contribution < -0.4 is 0 Å². The summed E-state index contributed by atoms with van der Waals surface area (Å²) in [5.41, 5.74) is 7.86. The van der Waals surface area contributed by atoms with Crippen LogP contribution in [0.5, 0.6) is 0 Å². The number of hydrogen-bond acceptors (Lipinski definition) is 0. The lowest BCUT2D eigenvalue weighted by Crippen LogP contribution is -1.95. The SMILES string of the molecule is CC1=C(C=C(c2ccc(F)cc2)c2ccc(F)cc2)C(C)c2ccccc21. The van der Waals surface area contributed by atoms with Crippen LogP contribution in [0.2, 0.25) is 0 Å². The Bertz CT molecular complexity index is 991. The van der Waals surface area contributed by atoms with E-state index in [9.17, 15) is 8.78 Å². The van der Waals surface area contributed by atoms with E-state index in [0.717, 1.165) is 16.7 Å². The molecule has 0 heterocycles. The van der Waals surface area contributed by atoms with E-state index in [-0.39, 0.29) is 17.6 Å². The van der Waals surface area contributed by atoms with E-state index in [1.54, 1.807) is 24.3 Å². The summed E-state index contributed by atoms with van der Waals surface area (Å²) < 4.78 is 26.9. The molecule has 0 radical (unpaired) electrons. The maximum absolute atomic E-state index is 13.4. The van der Waals surface area contributed by atoms with Crippen LogP contribution in [-0.2, 0) is 0 Å². The van der Waals surface area contributed by atoms with Gasteiger partial charge in [0.1, 0.15) is 11.6 Å². The second-order valence-electron chi connectivity index (χ2n) is 6.96. The van der Waals surface area contributed by atoms with E-state index >= 15 is 0 Å². The van der Waals surface area contributed by atoms with Crippen LogP contribution in [-0.4, -0.2) is 0 Å². The Kier molecular flexibility index (Phi) is 4.49. The van der Waals surface area contributed by atoms with Gasteiger partial charge in [-0.25, -0.2) is 8.78 Å². The van der Waals surface area contributed by atoms with E-state index in [1.165, 1.54) is 46.5 Å². The third-order valence-electron chi connectivity index (χ3n) is 5.34. The zero-order valence-electron chi connectivity index (χ0n) is 15.3. The molecular weight excluding hydrogens is 338 g/mol. The topological polar surface area (TPSA) is 0 Å². The summed E-state index contributed by atoms with van der Waals surface area (Å²) in [6.07, 6.45) is 2.17. The molecule has 0 amide bonds. The lowest BCUT2D eigenvalue weighted by atomic mass is 9.91. The van der Waals surface area contributed by atoms with E-state index in [0.29, 0.717) is 0 Å². The predicted molar refractivity (Wildman–Crippen MR) is 107 cm³/mol. The Morgan fingerprint density at radius 2 is 1.30 bits per heavy atom. The first-order valence-electron chi connectivity index (χ1n) is 9.08. The first-order valence-corrected chi connectivity index (χ1v) is 9.08. The molecule has 0 spiro atoms. The van der Waals surface area contributed by atoms with E-state index < -0.39 is 0 Å². The molecule has 0 aromatic heterocycles. The molecular formula is C25H20F2. The highest BCUT2D eigenvalue weighted by Gasteiger charge is 2.24. The Morgan fingerprint density at radius 1 is 0.778 bits per heavy atom. The molecule has 0 nitrogen and oxygen atoms in total. The van der Waals surface area contributed by atoms with Crippen LogP contribution in [0, 0.1) is 11.6 Å². The summed E-state index contributed by atoms with van der Waals surface area (Å²) in [4.78, 5) is 0. The Balaban J connectivity index is 1.88. The Labute approximate surface area is 158 Å². The van der Waals surface area contributed by atoms with Crippen LogP contribution >= 0.6 is 0 Å². The zero-order chi connectivity index (χ0) is 19.0. The minimum absolute atomic E-state index is 0.269. The molecule has 0 saturated carbocycles. The van der Waals surface area contributed by atoms with Gasteiger partial charge < -0.3 is 0 Å². The van der Waals surface area contributed by atoms with Crippen molar-refractivity contribution in [2.75, 3.05) is 0 Å². The largest absolute Gasteiger partial charge is 0.207 e. The van der Waals surface area contributed by atoms with Crippen LogP contribution in [0.3, 0.4) is 0 Å². The summed E-state index contributed by atoms with van der Waals surface area (Å²) in [6, 6.07) is 21.4. The summed E-state index contributed by atoms with van der Waals surface area (Å²) in [5, 5.41) is 0. The first kappa shape index (κ1) is 17.4. The molecule has 1 atom stereocenters. The molecule has 27 heavy (non-hydrogen) atoms. The highest BCUT2D eigenvalue weighted by molar-refractivity contribution is 5.87. The molecule has 2 heteroatoms. The molecule has 1 aliphatic carbocycles. The monoisotopic (exact) mass is 358 g/mol. The second kappa shape index (κ2) is 6.96. The number of hydrogen-bond donors (Lipinski definition) is 0. The Morgan fingerprint density at radius 3 is 1.81 bits per heavy atom. The van der Waals surface area contributed by atoms with Gasteiger partial charge in [-0.2, -0.15) is 0 Å². The summed E-state index contributed by atoms with van der Waals surface area (Å²) in [5.74, 6) is -0.263. The van der Waals surface area contributed by atoms with Crippen molar-refractivity contribution in [3.05, 3.63) is 118 Å². The van der Waals surface area contributed by atoms with Gasteiger partial charge >= 0.3 is 0 Å². The summed E-state index contributed by atoms with van der Waals surface area (Å²) >= 11 is 0. The third-order valence-corrected chi connectivity index (χ3v) is 5.34. The van der Waals surface area contributed by atoms with Gasteiger partial charge in [0, 0.05) is 5.92 Å². The van der Waals surface area contributed by atoms with Crippen molar-refractivity contribution in [2.24, 2.45) is 0 Å². The molecule has 3 aromatic carbocycles. The van der Waals surface area contributed by atoms with Crippen molar-refractivity contribution in [3.63, 3.8) is 0 Å². The molecule has 0 fully saturated rings. The van der Waals surface area contributed by atoms with Gasteiger partial charge in [-0.05, 0) is 76.2 Å². The maximum atomic E-state index is 13.4. The van der Waals surface area contributed by atoms with Crippen molar-refractivity contribution in [1.29, 1.82) is 0 Å². The van der Waals surface area contributed by atoms with Gasteiger partial charge in [0.25, 0.3) is 0 Å². The van der Waals surface area contributed by atoms with Gasteiger partial charge in [0.05, 0.1) is 0 Å². The number of rotatable bonds is 3. The molecule has 0 aliphatic heterocycles. The average Bonchev–Trinajstić information content (AvgIpc) is 2.93. The smallest absolute Gasteiger partial charge is 0.123 e. The fourth-order valence-electron chi connectivity index (χ4n) is 3.84. The van der Waals surface area contributed by atoms with Crippen molar-refractivity contribution >= 4 is 11.1 Å². The number of allylic oxidation sites excluding steroid dienone is 3. The fraction of sp³-hybridized carbons (Fsp3) is 0.120. The molecule has 1 unspecified atom stereocenters. The van der Waals surface area contributed by atoms with Gasteiger partial charge in [-0.1, -0.05) is 55.5 Å². The molecule has 1 aliphatic rings. The number of benzene rings is 3. The molecule has 0 bridgehead atoms. The number of fused-ring (bicyclic) bond motifs is 1. The van der Waals surface area contributed by atoms with Crippen LogP contribution in [0.1, 0.15) is 42.0 Å². The summed E-state index contributed by atoms with van der Waals surface area (Å²) in [7, 11) is 0. The van der Waals surface area contributed by atoms with Crippen LogP contribution in [0.15, 0.2) is 84.4 Å². The number of halogens is 2. The van der Waals surface area contributed by atoms with Gasteiger partial charge in [-0.3, -0.25) is 0 Å². The highest BCUT2D eigenvalue weighted by atomic mass is 19.1. The van der Waals surface area contributed by atoms with Gasteiger partial charge in [0.15, 0.2) is 0 Å². The second-order valence-corrected chi connectivity index (χ2v) is 6.96. The fourth-order valence-corrected chi connectivity index (χ4v) is 3.84. The molecule has 134 valence electrons. The minimum atomic E-state index is -0.269. The zero-order valence-corrected chi connectivity index (χ0v) is 15.3. The van der Waals surface area contributed by atoms with Crippen LogP contribution in [0.25, 0.3) is 11.1 Å². The van der Waals surface area contributed by atoms with Crippen molar-refractivity contribution in [3.8, 4) is 0 Å². The van der Waals surface area contributed by atoms with Gasteiger partial charge in [-0.15, -0.1) is 0 Å².